The van der Waals surface area contributed by atoms with Gasteiger partial charge in [-0.3, -0.25) is 14.4 Å². The van der Waals surface area contributed by atoms with E-state index in [0.717, 1.165) is 5.56 Å². The van der Waals surface area contributed by atoms with E-state index >= 15 is 0 Å². The quantitative estimate of drug-likeness (QED) is 0.537. The van der Waals surface area contributed by atoms with Crippen LogP contribution in [0.15, 0.2) is 78.9 Å². The third-order valence-electron chi connectivity index (χ3n) is 5.53. The zero-order chi connectivity index (χ0) is 22.7. The summed E-state index contributed by atoms with van der Waals surface area (Å²) in [6.07, 6.45) is -0.0429. The molecule has 1 amide bonds. The van der Waals surface area contributed by atoms with E-state index in [0.29, 0.717) is 16.8 Å². The van der Waals surface area contributed by atoms with Crippen molar-refractivity contribution in [2.75, 3.05) is 5.32 Å². The first-order chi connectivity index (χ1) is 15.3. The predicted molar refractivity (Wildman–Crippen MR) is 120 cm³/mol. The Labute approximate surface area is 186 Å². The fourth-order valence-electron chi connectivity index (χ4n) is 3.83. The number of hydroxylamine groups is 2. The van der Waals surface area contributed by atoms with Crippen molar-refractivity contribution in [3.63, 3.8) is 0 Å². The summed E-state index contributed by atoms with van der Waals surface area (Å²) in [5.41, 5.74) is 1.48. The summed E-state index contributed by atoms with van der Waals surface area (Å²) in [7, 11) is 0. The third-order valence-corrected chi connectivity index (χ3v) is 5.53. The maximum absolute atomic E-state index is 14.3. The van der Waals surface area contributed by atoms with Crippen molar-refractivity contribution in [1.29, 1.82) is 0 Å². The smallest absolute Gasteiger partial charge is 0.271 e. The van der Waals surface area contributed by atoms with Gasteiger partial charge in [0.25, 0.3) is 5.91 Å². The Morgan fingerprint density at radius 3 is 2.38 bits per heavy atom. The summed E-state index contributed by atoms with van der Waals surface area (Å²) in [5.74, 6) is -0.944. The molecule has 164 valence electrons. The van der Waals surface area contributed by atoms with Crippen LogP contribution in [0.4, 0.5) is 10.1 Å². The minimum absolute atomic E-state index is 0.0429. The molecule has 6 heteroatoms. The van der Waals surface area contributed by atoms with E-state index in [4.69, 9.17) is 4.84 Å². The van der Waals surface area contributed by atoms with Gasteiger partial charge in [-0.2, -0.15) is 0 Å². The highest BCUT2D eigenvalue weighted by atomic mass is 19.1. The summed E-state index contributed by atoms with van der Waals surface area (Å²) in [4.78, 5) is 32.6. The van der Waals surface area contributed by atoms with Gasteiger partial charge in [-0.1, -0.05) is 60.7 Å². The summed E-state index contributed by atoms with van der Waals surface area (Å²) >= 11 is 0. The molecule has 0 saturated heterocycles. The van der Waals surface area contributed by atoms with Crippen LogP contribution in [0.2, 0.25) is 0 Å². The van der Waals surface area contributed by atoms with Crippen molar-refractivity contribution in [1.82, 2.24) is 5.06 Å². The SMILES string of the molecule is CC1(C)Nc2ccc(F)cc2[C@@H](CC(=O)c2ccccc2)N(OCc2ccccc2)C1=O. The molecule has 0 spiro atoms. The van der Waals surface area contributed by atoms with Crippen molar-refractivity contribution in [3.8, 4) is 0 Å². The van der Waals surface area contributed by atoms with Crippen LogP contribution in [0.3, 0.4) is 0 Å². The van der Waals surface area contributed by atoms with E-state index in [-0.39, 0.29) is 24.7 Å². The Balaban J connectivity index is 1.74. The first kappa shape index (κ1) is 21.7. The molecule has 0 radical (unpaired) electrons. The molecule has 3 aromatic rings. The van der Waals surface area contributed by atoms with Crippen molar-refractivity contribution < 1.29 is 18.8 Å². The van der Waals surface area contributed by atoms with Gasteiger partial charge in [-0.25, -0.2) is 9.45 Å². The topological polar surface area (TPSA) is 58.6 Å². The number of rotatable bonds is 6. The molecule has 1 aliphatic rings. The van der Waals surface area contributed by atoms with E-state index in [2.05, 4.69) is 5.32 Å². The molecule has 4 rings (SSSR count). The van der Waals surface area contributed by atoms with Gasteiger partial charge in [0.2, 0.25) is 0 Å². The molecular formula is C26H25FN2O3. The van der Waals surface area contributed by atoms with E-state index in [1.165, 1.54) is 17.2 Å². The Morgan fingerprint density at radius 2 is 1.69 bits per heavy atom. The number of nitrogens with zero attached hydrogens (tertiary/aromatic N) is 1. The van der Waals surface area contributed by atoms with Gasteiger partial charge in [-0.15, -0.1) is 0 Å². The molecule has 1 aliphatic heterocycles. The van der Waals surface area contributed by atoms with Crippen molar-refractivity contribution in [3.05, 3.63) is 101 Å². The fourth-order valence-corrected chi connectivity index (χ4v) is 3.83. The largest absolute Gasteiger partial charge is 0.371 e. The van der Waals surface area contributed by atoms with Crippen LogP contribution in [0.1, 0.15) is 47.8 Å². The molecule has 0 aromatic heterocycles. The lowest BCUT2D eigenvalue weighted by Crippen LogP contribution is -2.49. The Morgan fingerprint density at radius 1 is 1.03 bits per heavy atom. The van der Waals surface area contributed by atoms with Gasteiger partial charge in [0.05, 0.1) is 6.04 Å². The first-order valence-corrected chi connectivity index (χ1v) is 10.5. The molecular weight excluding hydrogens is 407 g/mol. The minimum Gasteiger partial charge on any atom is -0.371 e. The monoisotopic (exact) mass is 432 g/mol. The Bertz CT molecular complexity index is 1120. The van der Waals surface area contributed by atoms with Crippen LogP contribution in [-0.4, -0.2) is 22.3 Å². The maximum Gasteiger partial charge on any atom is 0.271 e. The zero-order valence-electron chi connectivity index (χ0n) is 18.0. The van der Waals surface area contributed by atoms with E-state index in [9.17, 15) is 14.0 Å². The number of hydrogen-bond donors (Lipinski definition) is 1. The van der Waals surface area contributed by atoms with Crippen LogP contribution in [0.5, 0.6) is 0 Å². The van der Waals surface area contributed by atoms with Gasteiger partial charge in [0.1, 0.15) is 18.0 Å². The summed E-state index contributed by atoms with van der Waals surface area (Å²) in [5, 5.41) is 4.44. The van der Waals surface area contributed by atoms with Crippen LogP contribution < -0.4 is 5.32 Å². The van der Waals surface area contributed by atoms with Crippen LogP contribution >= 0.6 is 0 Å². The number of halogens is 1. The Kier molecular flexibility index (Phi) is 6.06. The summed E-state index contributed by atoms with van der Waals surface area (Å²) in [6.45, 7) is 3.62. The predicted octanol–water partition coefficient (Wildman–Crippen LogP) is 5.30. The highest BCUT2D eigenvalue weighted by molar-refractivity contribution is 5.97. The average Bonchev–Trinajstić information content (AvgIpc) is 2.87. The molecule has 32 heavy (non-hydrogen) atoms. The normalized spacial score (nSPS) is 17.3. The van der Waals surface area contributed by atoms with E-state index < -0.39 is 17.4 Å². The molecule has 0 unspecified atom stereocenters. The zero-order valence-corrected chi connectivity index (χ0v) is 18.0. The number of benzene rings is 3. The standard InChI is InChI=1S/C26H25FN2O3/c1-26(2)25(31)29(32-17-18-9-5-3-6-10-18)23(16-24(30)19-11-7-4-8-12-19)21-15-20(27)13-14-22(21)28-26/h3-15,23,28H,16-17H2,1-2H3/t23-/m1/s1. The number of carbonyl (C=O) groups is 2. The lowest BCUT2D eigenvalue weighted by atomic mass is 9.96. The van der Waals surface area contributed by atoms with Gasteiger partial charge < -0.3 is 5.32 Å². The maximum atomic E-state index is 14.3. The lowest BCUT2D eigenvalue weighted by Gasteiger charge is -2.33. The number of hydrogen-bond acceptors (Lipinski definition) is 4. The molecule has 0 fully saturated rings. The molecule has 1 N–H and O–H groups in total. The molecule has 0 saturated carbocycles. The van der Waals surface area contributed by atoms with Gasteiger partial charge in [-0.05, 0) is 37.6 Å². The number of amides is 1. The number of anilines is 1. The Hall–Kier alpha value is -3.51. The molecule has 1 atom stereocenters. The second-order valence-electron chi connectivity index (χ2n) is 8.38. The number of carbonyl (C=O) groups excluding carboxylic acids is 2. The number of ketones is 1. The van der Waals surface area contributed by atoms with Gasteiger partial charge >= 0.3 is 0 Å². The highest BCUT2D eigenvalue weighted by Crippen LogP contribution is 2.38. The van der Waals surface area contributed by atoms with Crippen LogP contribution in [0.25, 0.3) is 0 Å². The summed E-state index contributed by atoms with van der Waals surface area (Å²) in [6, 6.07) is 21.8. The summed E-state index contributed by atoms with van der Waals surface area (Å²) < 4.78 is 14.3. The molecule has 5 nitrogen and oxygen atoms in total. The van der Waals surface area contributed by atoms with Crippen LogP contribution in [-0.2, 0) is 16.2 Å². The lowest BCUT2D eigenvalue weighted by molar-refractivity contribution is -0.209. The molecule has 0 bridgehead atoms. The van der Waals surface area contributed by atoms with E-state index in [1.807, 2.05) is 36.4 Å². The molecule has 3 aromatic carbocycles. The van der Waals surface area contributed by atoms with Crippen LogP contribution in [0, 0.1) is 5.82 Å². The molecule has 0 aliphatic carbocycles. The fraction of sp³-hybridized carbons (Fsp3) is 0.231. The van der Waals surface area contributed by atoms with Crippen molar-refractivity contribution in [2.24, 2.45) is 0 Å². The average molecular weight is 432 g/mol. The number of nitrogens with one attached hydrogen (secondary N) is 1. The number of fused-ring (bicyclic) bond motifs is 1. The minimum atomic E-state index is -1.02. The molecule has 1 heterocycles. The third kappa shape index (κ3) is 4.55. The second-order valence-corrected chi connectivity index (χ2v) is 8.38. The number of Topliss-reactive ketones (excluding diaryl/α,β-unsaturated/α-hetero) is 1. The van der Waals surface area contributed by atoms with Gasteiger partial charge in [0.15, 0.2) is 5.78 Å². The van der Waals surface area contributed by atoms with Gasteiger partial charge in [0, 0.05) is 23.2 Å². The van der Waals surface area contributed by atoms with E-state index in [1.54, 1.807) is 44.2 Å². The second kappa shape index (κ2) is 8.93. The van der Waals surface area contributed by atoms with Crippen molar-refractivity contribution >= 4 is 17.4 Å². The van der Waals surface area contributed by atoms with Crippen molar-refractivity contribution in [2.45, 2.75) is 38.5 Å². The highest BCUT2D eigenvalue weighted by Gasteiger charge is 2.42. The first-order valence-electron chi connectivity index (χ1n) is 10.5.